The van der Waals surface area contributed by atoms with Crippen LogP contribution in [0.15, 0.2) is 24.3 Å². The molecule has 0 radical (unpaired) electrons. The van der Waals surface area contributed by atoms with Crippen LogP contribution in [0.5, 0.6) is 0 Å². The highest BCUT2D eigenvalue weighted by molar-refractivity contribution is 5.32. The predicted octanol–water partition coefficient (Wildman–Crippen LogP) is 3.14. The fourth-order valence-corrected chi connectivity index (χ4v) is 2.36. The molecule has 1 N–H and O–H groups in total. The van der Waals surface area contributed by atoms with Crippen molar-refractivity contribution in [2.75, 3.05) is 13.7 Å². The van der Waals surface area contributed by atoms with Crippen molar-refractivity contribution in [1.82, 2.24) is 5.32 Å². The summed E-state index contributed by atoms with van der Waals surface area (Å²) in [4.78, 5) is 0. The van der Waals surface area contributed by atoms with Crippen molar-refractivity contribution in [3.63, 3.8) is 0 Å². The Morgan fingerprint density at radius 3 is 2.50 bits per heavy atom. The average Bonchev–Trinajstić information content (AvgIpc) is 2.38. The predicted molar refractivity (Wildman–Crippen MR) is 62.2 cm³/mol. The van der Waals surface area contributed by atoms with Crippen LogP contribution >= 0.6 is 0 Å². The zero-order valence-electron chi connectivity index (χ0n) is 10.1. The number of nitrogens with one attached hydrogen (secondary N) is 1. The minimum atomic E-state index is -4.30. The first-order valence-electron chi connectivity index (χ1n) is 5.94. The van der Waals surface area contributed by atoms with Gasteiger partial charge in [0.25, 0.3) is 0 Å². The van der Waals surface area contributed by atoms with Gasteiger partial charge in [0.1, 0.15) is 0 Å². The minimum absolute atomic E-state index is 0.0966. The van der Waals surface area contributed by atoms with Crippen LogP contribution in [0, 0.1) is 0 Å². The van der Waals surface area contributed by atoms with E-state index in [2.05, 4.69) is 5.32 Å². The molecule has 0 saturated carbocycles. The molecule has 5 heteroatoms. The van der Waals surface area contributed by atoms with E-state index < -0.39 is 11.7 Å². The zero-order valence-corrected chi connectivity index (χ0v) is 10.1. The van der Waals surface area contributed by atoms with E-state index in [4.69, 9.17) is 4.74 Å². The molecule has 0 bridgehead atoms. The molecule has 1 aromatic rings. The van der Waals surface area contributed by atoms with Gasteiger partial charge in [-0.3, -0.25) is 0 Å². The van der Waals surface area contributed by atoms with Gasteiger partial charge < -0.3 is 10.1 Å². The third kappa shape index (κ3) is 2.84. The molecule has 1 fully saturated rings. The molecule has 1 heterocycles. The molecule has 1 saturated heterocycles. The summed E-state index contributed by atoms with van der Waals surface area (Å²) in [5.74, 6) is 0. The number of piperidine rings is 1. The smallest absolute Gasteiger partial charge is 0.380 e. The van der Waals surface area contributed by atoms with Crippen LogP contribution in [0.25, 0.3) is 0 Å². The van der Waals surface area contributed by atoms with Gasteiger partial charge in [-0.05, 0) is 24.5 Å². The van der Waals surface area contributed by atoms with Gasteiger partial charge in [0.2, 0.25) is 0 Å². The van der Waals surface area contributed by atoms with Crippen LogP contribution < -0.4 is 5.32 Å². The van der Waals surface area contributed by atoms with Gasteiger partial charge in [0.15, 0.2) is 0 Å². The molecule has 0 spiro atoms. The topological polar surface area (TPSA) is 21.3 Å². The Morgan fingerprint density at radius 2 is 1.94 bits per heavy atom. The van der Waals surface area contributed by atoms with Gasteiger partial charge in [0.05, 0.1) is 11.7 Å². The molecule has 1 aromatic carbocycles. The summed E-state index contributed by atoms with van der Waals surface area (Å²) < 4.78 is 43.9. The summed E-state index contributed by atoms with van der Waals surface area (Å²) >= 11 is 0. The van der Waals surface area contributed by atoms with Crippen molar-refractivity contribution in [3.8, 4) is 0 Å². The normalized spacial score (nSPS) is 25.1. The second kappa shape index (κ2) is 5.28. The maximum Gasteiger partial charge on any atom is 0.416 e. The Morgan fingerprint density at radius 1 is 1.22 bits per heavy atom. The van der Waals surface area contributed by atoms with E-state index in [9.17, 15) is 13.2 Å². The van der Waals surface area contributed by atoms with Gasteiger partial charge in [-0.1, -0.05) is 18.2 Å². The molecule has 1 aliphatic rings. The Kier molecular flexibility index (Phi) is 3.92. The fraction of sp³-hybridized carbons (Fsp3) is 0.538. The van der Waals surface area contributed by atoms with Gasteiger partial charge in [-0.25, -0.2) is 0 Å². The number of hydrogen-bond acceptors (Lipinski definition) is 2. The molecular formula is C13H16F3NO. The van der Waals surface area contributed by atoms with Gasteiger partial charge in [0, 0.05) is 19.7 Å². The fourth-order valence-electron chi connectivity index (χ4n) is 2.36. The Hall–Kier alpha value is -1.07. The van der Waals surface area contributed by atoms with E-state index in [0.717, 1.165) is 12.5 Å². The highest BCUT2D eigenvalue weighted by Crippen LogP contribution is 2.36. The molecule has 100 valence electrons. The third-order valence-corrected chi connectivity index (χ3v) is 3.34. The molecule has 18 heavy (non-hydrogen) atoms. The van der Waals surface area contributed by atoms with E-state index in [1.54, 1.807) is 19.2 Å². The quantitative estimate of drug-likeness (QED) is 0.881. The highest BCUT2D eigenvalue weighted by atomic mass is 19.4. The van der Waals surface area contributed by atoms with Gasteiger partial charge >= 0.3 is 6.18 Å². The SMILES string of the molecule is COC1CCC(c2ccccc2C(F)(F)F)NC1. The first-order valence-corrected chi connectivity index (χ1v) is 5.94. The lowest BCUT2D eigenvalue weighted by Crippen LogP contribution is -2.38. The molecule has 0 aromatic heterocycles. The number of benzene rings is 1. The summed E-state index contributed by atoms with van der Waals surface area (Å²) in [7, 11) is 1.62. The summed E-state index contributed by atoms with van der Waals surface area (Å²) in [6.45, 7) is 0.591. The van der Waals surface area contributed by atoms with Crippen molar-refractivity contribution < 1.29 is 17.9 Å². The lowest BCUT2D eigenvalue weighted by Gasteiger charge is -2.30. The molecule has 2 nitrogen and oxygen atoms in total. The Bertz CT molecular complexity index is 397. The van der Waals surface area contributed by atoms with E-state index in [1.807, 2.05) is 0 Å². The second-order valence-electron chi connectivity index (χ2n) is 4.48. The van der Waals surface area contributed by atoms with Crippen molar-refractivity contribution in [2.24, 2.45) is 0 Å². The van der Waals surface area contributed by atoms with Gasteiger partial charge in [-0.2, -0.15) is 13.2 Å². The zero-order chi connectivity index (χ0) is 13.2. The van der Waals surface area contributed by atoms with Crippen LogP contribution in [0.2, 0.25) is 0 Å². The lowest BCUT2D eigenvalue weighted by atomic mass is 9.92. The summed E-state index contributed by atoms with van der Waals surface area (Å²) in [5.41, 5.74) is -0.210. The monoisotopic (exact) mass is 259 g/mol. The summed E-state index contributed by atoms with van der Waals surface area (Å²) in [5, 5.41) is 3.12. The summed E-state index contributed by atoms with van der Waals surface area (Å²) in [6, 6.07) is 5.52. The van der Waals surface area contributed by atoms with Crippen molar-refractivity contribution in [2.45, 2.75) is 31.2 Å². The average molecular weight is 259 g/mol. The maximum absolute atomic E-state index is 12.9. The molecule has 2 rings (SSSR count). The second-order valence-corrected chi connectivity index (χ2v) is 4.48. The van der Waals surface area contributed by atoms with E-state index in [0.29, 0.717) is 18.5 Å². The first-order chi connectivity index (χ1) is 8.52. The lowest BCUT2D eigenvalue weighted by molar-refractivity contribution is -0.138. The summed E-state index contributed by atoms with van der Waals surface area (Å²) in [6.07, 6.45) is -2.76. The van der Waals surface area contributed by atoms with Crippen LogP contribution in [0.4, 0.5) is 13.2 Å². The van der Waals surface area contributed by atoms with Crippen LogP contribution in [-0.2, 0) is 10.9 Å². The number of methoxy groups -OCH3 is 1. The number of alkyl halides is 3. The standard InChI is InChI=1S/C13H16F3NO/c1-18-9-6-7-12(17-8-9)10-4-2-3-5-11(10)13(14,15)16/h2-5,9,12,17H,6-8H2,1H3. The first kappa shape index (κ1) is 13.4. The Balaban J connectivity index is 2.19. The number of ether oxygens (including phenoxy) is 1. The maximum atomic E-state index is 12.9. The van der Waals surface area contributed by atoms with Crippen molar-refractivity contribution in [1.29, 1.82) is 0 Å². The van der Waals surface area contributed by atoms with Crippen LogP contribution in [0.3, 0.4) is 0 Å². The Labute approximate surface area is 104 Å². The van der Waals surface area contributed by atoms with Crippen molar-refractivity contribution >= 4 is 0 Å². The molecule has 2 atom stereocenters. The van der Waals surface area contributed by atoms with E-state index in [-0.39, 0.29) is 12.1 Å². The largest absolute Gasteiger partial charge is 0.416 e. The van der Waals surface area contributed by atoms with E-state index in [1.165, 1.54) is 6.07 Å². The van der Waals surface area contributed by atoms with Gasteiger partial charge in [-0.15, -0.1) is 0 Å². The molecule has 0 aliphatic carbocycles. The number of hydrogen-bond donors (Lipinski definition) is 1. The molecule has 2 unspecified atom stereocenters. The van der Waals surface area contributed by atoms with E-state index >= 15 is 0 Å². The van der Waals surface area contributed by atoms with Crippen LogP contribution in [0.1, 0.15) is 30.0 Å². The van der Waals surface area contributed by atoms with Crippen molar-refractivity contribution in [3.05, 3.63) is 35.4 Å². The molecule has 1 aliphatic heterocycles. The minimum Gasteiger partial charge on any atom is -0.380 e. The number of halogens is 3. The highest BCUT2D eigenvalue weighted by Gasteiger charge is 2.35. The molecule has 0 amide bonds. The third-order valence-electron chi connectivity index (χ3n) is 3.34. The molecular weight excluding hydrogens is 243 g/mol. The van der Waals surface area contributed by atoms with Crippen LogP contribution in [-0.4, -0.2) is 19.8 Å². The number of rotatable bonds is 2.